The Kier molecular flexibility index (Phi) is 3.46. The van der Waals surface area contributed by atoms with Crippen LogP contribution in [-0.2, 0) is 4.79 Å². The number of hydrogen-bond acceptors (Lipinski definition) is 5. The molecule has 3 aromatic rings. The summed E-state index contributed by atoms with van der Waals surface area (Å²) in [6, 6.07) is 6.22. The number of ether oxygens (including phenoxy) is 1. The Hall–Kier alpha value is -3.27. The van der Waals surface area contributed by atoms with E-state index in [2.05, 4.69) is 26.0 Å². The number of hydrogen-bond donors (Lipinski definition) is 1. The molecule has 1 aliphatic carbocycles. The van der Waals surface area contributed by atoms with E-state index >= 15 is 0 Å². The number of pyridine rings is 1. The van der Waals surface area contributed by atoms with Crippen LogP contribution in [0.2, 0.25) is 0 Å². The van der Waals surface area contributed by atoms with Crippen molar-refractivity contribution in [3.63, 3.8) is 0 Å². The van der Waals surface area contributed by atoms with Crippen LogP contribution >= 0.6 is 0 Å². The van der Waals surface area contributed by atoms with E-state index in [1.54, 1.807) is 0 Å². The molecule has 0 unspecified atom stereocenters. The lowest BCUT2D eigenvalue weighted by Crippen LogP contribution is -2.00. The second-order valence-electron chi connectivity index (χ2n) is 6.04. The van der Waals surface area contributed by atoms with Crippen molar-refractivity contribution in [3.8, 4) is 23.1 Å². The fraction of sp³-hybridized carbons (Fsp3) is 0.222. The van der Waals surface area contributed by atoms with E-state index < -0.39 is 5.82 Å². The number of aromatic amines is 1. The SMILES string of the molecule is Cc1[nH]nc2nc(-c3ccc(OC=O)cc3F)c(C#N)c(C3CC3)c12. The topological polar surface area (TPSA) is 91.7 Å². The van der Waals surface area contributed by atoms with Crippen LogP contribution in [0.1, 0.15) is 35.6 Å². The number of rotatable bonds is 4. The van der Waals surface area contributed by atoms with Gasteiger partial charge in [0.15, 0.2) is 5.65 Å². The van der Waals surface area contributed by atoms with E-state index in [-0.39, 0.29) is 29.4 Å². The zero-order valence-electron chi connectivity index (χ0n) is 13.3. The number of fused-ring (bicyclic) bond motifs is 1. The number of nitrogens with one attached hydrogen (secondary N) is 1. The van der Waals surface area contributed by atoms with Gasteiger partial charge in [-0.2, -0.15) is 10.4 Å². The van der Waals surface area contributed by atoms with Crippen LogP contribution in [0.4, 0.5) is 4.39 Å². The number of carbonyl (C=O) groups excluding carboxylic acids is 1. The summed E-state index contributed by atoms with van der Waals surface area (Å²) >= 11 is 0. The van der Waals surface area contributed by atoms with Gasteiger partial charge >= 0.3 is 0 Å². The fourth-order valence-corrected chi connectivity index (χ4v) is 3.14. The van der Waals surface area contributed by atoms with E-state index in [9.17, 15) is 14.4 Å². The molecule has 0 bridgehead atoms. The number of nitriles is 1. The van der Waals surface area contributed by atoms with Crippen LogP contribution in [0.3, 0.4) is 0 Å². The number of nitrogens with zero attached hydrogens (tertiary/aromatic N) is 3. The van der Waals surface area contributed by atoms with Gasteiger partial charge in [0.1, 0.15) is 17.6 Å². The largest absolute Gasteiger partial charge is 0.429 e. The standard InChI is InChI=1S/C18H13FN4O2/c1-9-15-16(10-2-3-10)13(7-20)17(21-18(15)23-22-9)12-5-4-11(25-8-24)6-14(12)19/h4-6,8,10H,2-3H2,1H3,(H,21,22,23). The zero-order valence-corrected chi connectivity index (χ0v) is 13.3. The number of H-pyrrole nitrogens is 1. The van der Waals surface area contributed by atoms with Crippen LogP contribution in [0.25, 0.3) is 22.3 Å². The maximum atomic E-state index is 14.6. The molecule has 0 amide bonds. The quantitative estimate of drug-likeness (QED) is 0.738. The van der Waals surface area contributed by atoms with Gasteiger partial charge < -0.3 is 4.74 Å². The van der Waals surface area contributed by atoms with Crippen molar-refractivity contribution in [2.45, 2.75) is 25.7 Å². The van der Waals surface area contributed by atoms with E-state index in [0.29, 0.717) is 11.2 Å². The molecule has 1 N–H and O–H groups in total. The van der Waals surface area contributed by atoms with Crippen molar-refractivity contribution in [2.24, 2.45) is 0 Å². The highest BCUT2D eigenvalue weighted by molar-refractivity contribution is 5.89. The monoisotopic (exact) mass is 336 g/mol. The van der Waals surface area contributed by atoms with Gasteiger partial charge in [0.05, 0.1) is 11.3 Å². The number of halogens is 1. The molecule has 0 atom stereocenters. The summed E-state index contributed by atoms with van der Waals surface area (Å²) < 4.78 is 19.2. The van der Waals surface area contributed by atoms with E-state index in [4.69, 9.17) is 0 Å². The second kappa shape index (κ2) is 5.67. The Morgan fingerprint density at radius 2 is 2.24 bits per heavy atom. The zero-order chi connectivity index (χ0) is 17.6. The van der Waals surface area contributed by atoms with Crippen LogP contribution in [0, 0.1) is 24.1 Å². The number of aryl methyl sites for hydroxylation is 1. The van der Waals surface area contributed by atoms with Gasteiger partial charge in [0.25, 0.3) is 6.47 Å². The summed E-state index contributed by atoms with van der Waals surface area (Å²) in [4.78, 5) is 14.8. The molecule has 7 heteroatoms. The van der Waals surface area contributed by atoms with Gasteiger partial charge in [-0.05, 0) is 43.4 Å². The highest BCUT2D eigenvalue weighted by Crippen LogP contribution is 2.47. The molecule has 2 heterocycles. The average molecular weight is 336 g/mol. The van der Waals surface area contributed by atoms with E-state index in [1.807, 2.05) is 6.92 Å². The maximum absolute atomic E-state index is 14.6. The summed E-state index contributed by atoms with van der Waals surface area (Å²) in [5, 5.41) is 17.7. The Morgan fingerprint density at radius 3 is 2.88 bits per heavy atom. The van der Waals surface area contributed by atoms with Crippen LogP contribution in [0.15, 0.2) is 18.2 Å². The van der Waals surface area contributed by atoms with Crippen molar-refractivity contribution in [1.29, 1.82) is 5.26 Å². The third-order valence-electron chi connectivity index (χ3n) is 4.40. The first-order chi connectivity index (χ1) is 12.1. The molecule has 1 saturated carbocycles. The van der Waals surface area contributed by atoms with E-state index in [1.165, 1.54) is 12.1 Å². The highest BCUT2D eigenvalue weighted by Gasteiger charge is 2.32. The smallest absolute Gasteiger partial charge is 0.298 e. The van der Waals surface area contributed by atoms with Crippen molar-refractivity contribution < 1.29 is 13.9 Å². The number of carbonyl (C=O) groups is 1. The highest BCUT2D eigenvalue weighted by atomic mass is 19.1. The molecular formula is C18H13FN4O2. The lowest BCUT2D eigenvalue weighted by atomic mass is 9.95. The summed E-state index contributed by atoms with van der Waals surface area (Å²) in [5.41, 5.74) is 3.03. The van der Waals surface area contributed by atoms with Gasteiger partial charge in [-0.3, -0.25) is 9.89 Å². The van der Waals surface area contributed by atoms with E-state index in [0.717, 1.165) is 35.6 Å². The Balaban J connectivity index is 1.99. The molecule has 6 nitrogen and oxygen atoms in total. The molecule has 1 aliphatic rings. The molecule has 0 radical (unpaired) electrons. The molecule has 2 aromatic heterocycles. The first-order valence-corrected chi connectivity index (χ1v) is 7.83. The van der Waals surface area contributed by atoms with Crippen LogP contribution < -0.4 is 4.74 Å². The minimum Gasteiger partial charge on any atom is -0.429 e. The maximum Gasteiger partial charge on any atom is 0.298 e. The Morgan fingerprint density at radius 1 is 1.44 bits per heavy atom. The van der Waals surface area contributed by atoms with Gasteiger partial charge in [-0.15, -0.1) is 0 Å². The predicted molar refractivity (Wildman–Crippen MR) is 87.4 cm³/mol. The molecule has 25 heavy (non-hydrogen) atoms. The Bertz CT molecular complexity index is 1050. The van der Waals surface area contributed by atoms with Crippen LogP contribution in [0.5, 0.6) is 5.75 Å². The summed E-state index contributed by atoms with van der Waals surface area (Å²) in [5.74, 6) is -0.249. The minimum absolute atomic E-state index is 0.0915. The predicted octanol–water partition coefficient (Wildman–Crippen LogP) is 3.36. The van der Waals surface area contributed by atoms with Gasteiger partial charge in [-0.25, -0.2) is 9.37 Å². The first kappa shape index (κ1) is 15.3. The van der Waals surface area contributed by atoms with Gasteiger partial charge in [0.2, 0.25) is 0 Å². The Labute approximate surface area is 142 Å². The third-order valence-corrected chi connectivity index (χ3v) is 4.40. The molecule has 1 fully saturated rings. The normalized spacial score (nSPS) is 13.6. The van der Waals surface area contributed by atoms with Crippen LogP contribution in [-0.4, -0.2) is 21.7 Å². The van der Waals surface area contributed by atoms with Crippen molar-refractivity contribution >= 4 is 17.5 Å². The molecule has 0 aliphatic heterocycles. The fourth-order valence-electron chi connectivity index (χ4n) is 3.14. The van der Waals surface area contributed by atoms with Gasteiger partial charge in [0, 0.05) is 22.7 Å². The average Bonchev–Trinajstić information content (AvgIpc) is 3.37. The molecule has 124 valence electrons. The van der Waals surface area contributed by atoms with Gasteiger partial charge in [-0.1, -0.05) is 0 Å². The molecular weight excluding hydrogens is 323 g/mol. The summed E-state index contributed by atoms with van der Waals surface area (Å²) in [6.45, 7) is 2.12. The third kappa shape index (κ3) is 2.43. The molecule has 4 rings (SSSR count). The first-order valence-electron chi connectivity index (χ1n) is 7.83. The van der Waals surface area contributed by atoms with Crippen molar-refractivity contribution in [3.05, 3.63) is 40.8 Å². The lowest BCUT2D eigenvalue weighted by molar-refractivity contribution is -0.120. The van der Waals surface area contributed by atoms with Crippen molar-refractivity contribution in [2.75, 3.05) is 0 Å². The van der Waals surface area contributed by atoms with Crippen molar-refractivity contribution in [1.82, 2.24) is 15.2 Å². The molecule has 1 aromatic carbocycles. The summed E-state index contributed by atoms with van der Waals surface area (Å²) in [6.07, 6.45) is 1.99. The molecule has 0 spiro atoms. The number of benzene rings is 1. The summed E-state index contributed by atoms with van der Waals surface area (Å²) in [7, 11) is 0. The number of aromatic nitrogens is 3. The second-order valence-corrected chi connectivity index (χ2v) is 6.04. The lowest BCUT2D eigenvalue weighted by Gasteiger charge is -2.11. The molecule has 0 saturated heterocycles. The minimum atomic E-state index is -0.614.